The minimum atomic E-state index is -0.185. The predicted octanol–water partition coefficient (Wildman–Crippen LogP) is 1.21. The van der Waals surface area contributed by atoms with Crippen molar-refractivity contribution >= 4 is 11.8 Å². The number of rotatable bonds is 5. The number of nitrogens with one attached hydrogen (secondary N) is 2. The summed E-state index contributed by atoms with van der Waals surface area (Å²) in [5.41, 5.74) is 0.836. The van der Waals surface area contributed by atoms with Crippen molar-refractivity contribution in [2.45, 2.75) is 36.7 Å². The van der Waals surface area contributed by atoms with E-state index in [2.05, 4.69) is 39.1 Å². The van der Waals surface area contributed by atoms with E-state index in [9.17, 15) is 4.79 Å². The molecule has 2 aromatic rings. The molecule has 0 saturated carbocycles. The van der Waals surface area contributed by atoms with Crippen LogP contribution in [0.1, 0.15) is 19.4 Å². The molecule has 2 heterocycles. The molecule has 0 amide bonds. The highest BCUT2D eigenvalue weighted by atomic mass is 32.2. The Morgan fingerprint density at radius 1 is 1.32 bits per heavy atom. The largest absolute Gasteiger partial charge is 0.310 e. The van der Waals surface area contributed by atoms with Crippen molar-refractivity contribution in [1.29, 1.82) is 0 Å². The molecule has 6 nitrogen and oxygen atoms in total. The lowest BCUT2D eigenvalue weighted by molar-refractivity contribution is 0.585. The Morgan fingerprint density at radius 2 is 2.05 bits per heavy atom. The third kappa shape index (κ3) is 4.46. The van der Waals surface area contributed by atoms with Crippen LogP contribution in [-0.4, -0.2) is 26.0 Å². The molecule has 0 aliphatic heterocycles. The molecule has 0 aliphatic carbocycles. The van der Waals surface area contributed by atoms with Crippen LogP contribution in [0.3, 0.4) is 0 Å². The Kier molecular flexibility index (Phi) is 4.64. The van der Waals surface area contributed by atoms with Crippen LogP contribution in [-0.2, 0) is 6.54 Å². The zero-order valence-electron chi connectivity index (χ0n) is 10.8. The maximum atomic E-state index is 11.1. The molecule has 0 spiro atoms. The summed E-state index contributed by atoms with van der Waals surface area (Å²) in [6.07, 6.45) is 5.00. The van der Waals surface area contributed by atoms with Crippen LogP contribution in [0.15, 0.2) is 39.8 Å². The third-order valence-corrected chi connectivity index (χ3v) is 3.03. The number of aromatic amines is 1. The number of hydrogen-bond acceptors (Lipinski definition) is 6. The van der Waals surface area contributed by atoms with Crippen LogP contribution >= 0.6 is 11.8 Å². The van der Waals surface area contributed by atoms with Crippen LogP contribution < -0.4 is 10.9 Å². The zero-order valence-corrected chi connectivity index (χ0v) is 11.6. The van der Waals surface area contributed by atoms with E-state index >= 15 is 0 Å². The normalized spacial score (nSPS) is 10.9. The minimum absolute atomic E-state index is 0.185. The SMILES string of the molecule is CC(C)NCc1cnc(Sc2nccc(=O)[nH]2)nc1. The predicted molar refractivity (Wildman–Crippen MR) is 73.0 cm³/mol. The Morgan fingerprint density at radius 3 is 2.68 bits per heavy atom. The average Bonchev–Trinajstić information content (AvgIpc) is 2.38. The zero-order chi connectivity index (χ0) is 13.7. The molecule has 0 unspecified atom stereocenters. The first kappa shape index (κ1) is 13.7. The molecule has 19 heavy (non-hydrogen) atoms. The monoisotopic (exact) mass is 277 g/mol. The average molecular weight is 277 g/mol. The van der Waals surface area contributed by atoms with Gasteiger partial charge in [0.1, 0.15) is 0 Å². The van der Waals surface area contributed by atoms with Crippen LogP contribution in [0, 0.1) is 0 Å². The van der Waals surface area contributed by atoms with E-state index in [0.717, 1.165) is 12.1 Å². The van der Waals surface area contributed by atoms with Gasteiger partial charge in [0.2, 0.25) is 0 Å². The first-order valence-electron chi connectivity index (χ1n) is 5.91. The van der Waals surface area contributed by atoms with E-state index in [-0.39, 0.29) is 5.56 Å². The van der Waals surface area contributed by atoms with Gasteiger partial charge in [-0.25, -0.2) is 15.0 Å². The molecule has 0 bridgehead atoms. The van der Waals surface area contributed by atoms with Crippen molar-refractivity contribution in [3.8, 4) is 0 Å². The van der Waals surface area contributed by atoms with E-state index in [1.54, 1.807) is 12.4 Å². The summed E-state index contributed by atoms with van der Waals surface area (Å²) in [6, 6.07) is 1.79. The highest BCUT2D eigenvalue weighted by molar-refractivity contribution is 7.99. The number of hydrogen-bond donors (Lipinski definition) is 2. The summed E-state index contributed by atoms with van der Waals surface area (Å²) in [5, 5.41) is 4.34. The summed E-state index contributed by atoms with van der Waals surface area (Å²) in [6.45, 7) is 4.91. The number of H-pyrrole nitrogens is 1. The second-order valence-electron chi connectivity index (χ2n) is 4.25. The van der Waals surface area contributed by atoms with Crippen LogP contribution in [0.2, 0.25) is 0 Å². The summed E-state index contributed by atoms with van der Waals surface area (Å²) in [7, 11) is 0. The molecule has 0 aliphatic rings. The Bertz CT molecular complexity index is 581. The van der Waals surface area contributed by atoms with Gasteiger partial charge >= 0.3 is 0 Å². The second-order valence-corrected chi connectivity index (χ2v) is 5.21. The molecule has 2 rings (SSSR count). The number of aromatic nitrogens is 4. The molecule has 0 radical (unpaired) electrons. The van der Waals surface area contributed by atoms with E-state index in [0.29, 0.717) is 16.4 Å². The third-order valence-electron chi connectivity index (χ3n) is 2.23. The second kappa shape index (κ2) is 6.44. The maximum absolute atomic E-state index is 11.1. The molecule has 0 saturated heterocycles. The van der Waals surface area contributed by atoms with Gasteiger partial charge in [-0.3, -0.25) is 4.79 Å². The van der Waals surface area contributed by atoms with Crippen LogP contribution in [0.25, 0.3) is 0 Å². The van der Waals surface area contributed by atoms with Gasteiger partial charge in [0, 0.05) is 42.8 Å². The molecule has 7 heteroatoms. The summed E-state index contributed by atoms with van der Waals surface area (Å²) in [5.74, 6) is 0. The van der Waals surface area contributed by atoms with Crippen molar-refractivity contribution in [3.05, 3.63) is 40.6 Å². The fourth-order valence-electron chi connectivity index (χ4n) is 1.30. The van der Waals surface area contributed by atoms with E-state index in [1.165, 1.54) is 24.0 Å². The highest BCUT2D eigenvalue weighted by Crippen LogP contribution is 2.18. The van der Waals surface area contributed by atoms with Gasteiger partial charge in [-0.2, -0.15) is 0 Å². The first-order valence-corrected chi connectivity index (χ1v) is 6.72. The highest BCUT2D eigenvalue weighted by Gasteiger charge is 2.03. The van der Waals surface area contributed by atoms with Crippen molar-refractivity contribution in [3.63, 3.8) is 0 Å². The van der Waals surface area contributed by atoms with E-state index < -0.39 is 0 Å². The maximum Gasteiger partial charge on any atom is 0.251 e. The minimum Gasteiger partial charge on any atom is -0.310 e. The van der Waals surface area contributed by atoms with Gasteiger partial charge < -0.3 is 10.3 Å². The smallest absolute Gasteiger partial charge is 0.251 e. The van der Waals surface area contributed by atoms with Crippen LogP contribution in [0.4, 0.5) is 0 Å². The van der Waals surface area contributed by atoms with Crippen molar-refractivity contribution in [1.82, 2.24) is 25.3 Å². The summed E-state index contributed by atoms with van der Waals surface area (Å²) >= 11 is 1.23. The molecule has 0 fully saturated rings. The van der Waals surface area contributed by atoms with Gasteiger partial charge in [0.25, 0.3) is 5.56 Å². The first-order chi connectivity index (χ1) is 9.13. The van der Waals surface area contributed by atoms with Gasteiger partial charge in [0.05, 0.1) is 0 Å². The van der Waals surface area contributed by atoms with Gasteiger partial charge in [-0.05, 0) is 11.8 Å². The van der Waals surface area contributed by atoms with Crippen molar-refractivity contribution < 1.29 is 0 Å². The summed E-state index contributed by atoms with van der Waals surface area (Å²) < 4.78 is 0. The fourth-order valence-corrected chi connectivity index (χ4v) is 1.95. The Hall–Kier alpha value is -1.73. The molecule has 0 atom stereocenters. The van der Waals surface area contributed by atoms with Crippen molar-refractivity contribution in [2.75, 3.05) is 0 Å². The lowest BCUT2D eigenvalue weighted by atomic mass is 10.3. The van der Waals surface area contributed by atoms with E-state index in [1.807, 2.05) is 0 Å². The Balaban J connectivity index is 2.00. The lowest BCUT2D eigenvalue weighted by Gasteiger charge is -2.07. The Labute approximate surface area is 115 Å². The molecule has 100 valence electrons. The number of nitrogens with zero attached hydrogens (tertiary/aromatic N) is 3. The molecular formula is C12H15N5OS. The topological polar surface area (TPSA) is 83.6 Å². The van der Waals surface area contributed by atoms with Gasteiger partial charge in [-0.1, -0.05) is 13.8 Å². The van der Waals surface area contributed by atoms with Gasteiger partial charge in [0.15, 0.2) is 10.3 Å². The molecule has 2 aromatic heterocycles. The van der Waals surface area contributed by atoms with Crippen LogP contribution in [0.5, 0.6) is 0 Å². The molecule has 2 N–H and O–H groups in total. The summed E-state index contributed by atoms with van der Waals surface area (Å²) in [4.78, 5) is 26.2. The fraction of sp³-hybridized carbons (Fsp3) is 0.333. The molecule has 0 aromatic carbocycles. The van der Waals surface area contributed by atoms with E-state index in [4.69, 9.17) is 0 Å². The lowest BCUT2D eigenvalue weighted by Crippen LogP contribution is -2.21. The molecular weight excluding hydrogens is 262 g/mol. The standard InChI is InChI=1S/C12H15N5OS/c1-8(2)14-5-9-6-15-11(16-7-9)19-12-13-4-3-10(18)17-12/h3-4,6-8,14H,5H2,1-2H3,(H,13,17,18). The quantitative estimate of drug-likeness (QED) is 0.799. The van der Waals surface area contributed by atoms with Gasteiger partial charge in [-0.15, -0.1) is 0 Å². The van der Waals surface area contributed by atoms with Crippen molar-refractivity contribution in [2.24, 2.45) is 0 Å².